The van der Waals surface area contributed by atoms with Crippen molar-refractivity contribution in [2.24, 2.45) is 0 Å². The van der Waals surface area contributed by atoms with E-state index in [4.69, 9.17) is 5.26 Å². The Morgan fingerprint density at radius 1 is 1.33 bits per heavy atom. The summed E-state index contributed by atoms with van der Waals surface area (Å²) in [4.78, 5) is 0.405. The van der Waals surface area contributed by atoms with Crippen LogP contribution in [-0.4, -0.2) is 20.2 Å². The minimum atomic E-state index is -4.47. The maximum Gasteiger partial charge on any atom is 0.416 e. The minimum Gasteiger partial charge on any atom is -0.217 e. The number of hydrogen-bond donors (Lipinski definition) is 0. The van der Waals surface area contributed by atoms with Crippen molar-refractivity contribution in [1.29, 1.82) is 5.26 Å². The average Bonchev–Trinajstić information content (AvgIpc) is 3.18. The van der Waals surface area contributed by atoms with E-state index >= 15 is 0 Å². The molecule has 1 aliphatic rings. The average molecular weight is 311 g/mol. The molecule has 1 fully saturated rings. The Morgan fingerprint density at radius 3 is 2.71 bits per heavy atom. The van der Waals surface area contributed by atoms with E-state index in [-0.39, 0.29) is 11.6 Å². The third kappa shape index (κ3) is 2.85. The Hall–Kier alpha value is -2.08. The van der Waals surface area contributed by atoms with Crippen LogP contribution in [0.4, 0.5) is 13.2 Å². The quantitative estimate of drug-likeness (QED) is 0.871. The number of tetrazole rings is 1. The minimum absolute atomic E-state index is 0.0415. The molecular formula is C12H8F3N5S. The first-order valence-corrected chi connectivity index (χ1v) is 6.88. The van der Waals surface area contributed by atoms with Crippen LogP contribution >= 0.6 is 11.8 Å². The lowest BCUT2D eigenvalue weighted by atomic mass is 10.1. The van der Waals surface area contributed by atoms with Crippen LogP contribution in [0.1, 0.15) is 30.0 Å². The highest BCUT2D eigenvalue weighted by molar-refractivity contribution is 7.99. The molecule has 0 N–H and O–H groups in total. The smallest absolute Gasteiger partial charge is 0.217 e. The van der Waals surface area contributed by atoms with Crippen LogP contribution in [0.15, 0.2) is 28.3 Å². The fraction of sp³-hybridized carbons (Fsp3) is 0.333. The number of hydrogen-bond acceptors (Lipinski definition) is 5. The van der Waals surface area contributed by atoms with Gasteiger partial charge in [0.2, 0.25) is 5.16 Å². The molecule has 0 aliphatic heterocycles. The van der Waals surface area contributed by atoms with Crippen LogP contribution in [0.25, 0.3) is 0 Å². The molecular weight excluding hydrogens is 303 g/mol. The SMILES string of the molecule is N#Cc1cc(C(F)(F)F)ccc1Sc1nnnn1C1CC1. The summed E-state index contributed by atoms with van der Waals surface area (Å²) in [6, 6.07) is 5.11. The highest BCUT2D eigenvalue weighted by Gasteiger charge is 2.32. The van der Waals surface area contributed by atoms with Gasteiger partial charge in [-0.2, -0.15) is 18.4 Å². The van der Waals surface area contributed by atoms with Gasteiger partial charge >= 0.3 is 6.18 Å². The molecule has 1 aromatic heterocycles. The van der Waals surface area contributed by atoms with Crippen LogP contribution in [0.2, 0.25) is 0 Å². The van der Waals surface area contributed by atoms with Gasteiger partial charge in [-0.3, -0.25) is 0 Å². The maximum absolute atomic E-state index is 12.6. The first-order valence-electron chi connectivity index (χ1n) is 6.06. The number of rotatable bonds is 3. The molecule has 0 spiro atoms. The lowest BCUT2D eigenvalue weighted by Gasteiger charge is -2.09. The van der Waals surface area contributed by atoms with Gasteiger partial charge in [0.25, 0.3) is 0 Å². The van der Waals surface area contributed by atoms with Gasteiger partial charge in [0.05, 0.1) is 17.2 Å². The summed E-state index contributed by atoms with van der Waals surface area (Å²) in [7, 11) is 0. The summed E-state index contributed by atoms with van der Waals surface area (Å²) in [6.45, 7) is 0. The van der Waals surface area contributed by atoms with Crippen LogP contribution in [0, 0.1) is 11.3 Å². The van der Waals surface area contributed by atoms with Crippen molar-refractivity contribution in [2.75, 3.05) is 0 Å². The second-order valence-electron chi connectivity index (χ2n) is 4.56. The molecule has 0 amide bonds. The van der Waals surface area contributed by atoms with Gasteiger partial charge in [-0.05, 0) is 53.2 Å². The van der Waals surface area contributed by atoms with E-state index in [1.54, 1.807) is 10.8 Å². The predicted molar refractivity (Wildman–Crippen MR) is 66.4 cm³/mol. The zero-order chi connectivity index (χ0) is 15.0. The molecule has 108 valence electrons. The predicted octanol–water partition coefficient (Wildman–Crippen LogP) is 3.05. The molecule has 1 heterocycles. The Bertz CT molecular complexity index is 714. The molecule has 0 bridgehead atoms. The molecule has 1 saturated carbocycles. The van der Waals surface area contributed by atoms with Gasteiger partial charge < -0.3 is 0 Å². The molecule has 2 aromatic rings. The summed E-state index contributed by atoms with van der Waals surface area (Å²) in [5.74, 6) is 0. The van der Waals surface area contributed by atoms with Crippen molar-refractivity contribution < 1.29 is 13.2 Å². The largest absolute Gasteiger partial charge is 0.416 e. The third-order valence-corrected chi connectivity index (χ3v) is 4.01. The lowest BCUT2D eigenvalue weighted by Crippen LogP contribution is -2.05. The molecule has 1 aliphatic carbocycles. The molecule has 9 heteroatoms. The summed E-state index contributed by atoms with van der Waals surface area (Å²) in [5, 5.41) is 20.8. The Labute approximate surface area is 121 Å². The highest BCUT2D eigenvalue weighted by Crippen LogP contribution is 2.39. The monoisotopic (exact) mass is 311 g/mol. The Balaban J connectivity index is 1.92. The second-order valence-corrected chi connectivity index (χ2v) is 5.57. The number of halogens is 3. The summed E-state index contributed by atoms with van der Waals surface area (Å²) in [6.07, 6.45) is -2.50. The topological polar surface area (TPSA) is 67.4 Å². The van der Waals surface area contributed by atoms with Crippen LogP contribution in [0.3, 0.4) is 0 Å². The molecule has 5 nitrogen and oxygen atoms in total. The van der Waals surface area contributed by atoms with Gasteiger partial charge in [-0.25, -0.2) is 4.68 Å². The number of benzene rings is 1. The van der Waals surface area contributed by atoms with Crippen LogP contribution in [-0.2, 0) is 6.18 Å². The fourth-order valence-corrected chi connectivity index (χ4v) is 2.69. The zero-order valence-corrected chi connectivity index (χ0v) is 11.3. The zero-order valence-electron chi connectivity index (χ0n) is 10.5. The van der Waals surface area contributed by atoms with E-state index in [1.807, 2.05) is 0 Å². The summed E-state index contributed by atoms with van der Waals surface area (Å²) >= 11 is 1.10. The Kier molecular flexibility index (Phi) is 3.33. The molecule has 0 saturated heterocycles. The first-order chi connectivity index (χ1) is 9.99. The maximum atomic E-state index is 12.6. The Morgan fingerprint density at radius 2 is 2.10 bits per heavy atom. The van der Waals surface area contributed by atoms with Crippen molar-refractivity contribution in [1.82, 2.24) is 20.2 Å². The van der Waals surface area contributed by atoms with Crippen molar-refractivity contribution in [3.8, 4) is 6.07 Å². The van der Waals surface area contributed by atoms with Gasteiger partial charge in [0.15, 0.2) is 0 Å². The van der Waals surface area contributed by atoms with Gasteiger partial charge in [-0.1, -0.05) is 0 Å². The van der Waals surface area contributed by atoms with Gasteiger partial charge in [-0.15, -0.1) is 5.10 Å². The van der Waals surface area contributed by atoms with E-state index < -0.39 is 11.7 Å². The van der Waals surface area contributed by atoms with Crippen molar-refractivity contribution in [2.45, 2.75) is 35.1 Å². The molecule has 0 atom stereocenters. The standard InChI is InChI=1S/C12H8F3N5S/c13-12(14,15)8-1-4-10(7(5-8)6-16)21-11-17-18-19-20(11)9-2-3-9/h1,4-5,9H,2-3H2. The van der Waals surface area contributed by atoms with E-state index in [9.17, 15) is 13.2 Å². The lowest BCUT2D eigenvalue weighted by molar-refractivity contribution is -0.137. The van der Waals surface area contributed by atoms with Crippen molar-refractivity contribution in [3.05, 3.63) is 29.3 Å². The normalized spacial score (nSPS) is 15.0. The molecule has 0 radical (unpaired) electrons. The van der Waals surface area contributed by atoms with Crippen molar-refractivity contribution >= 4 is 11.8 Å². The van der Waals surface area contributed by atoms with E-state index in [0.717, 1.165) is 36.7 Å². The van der Waals surface area contributed by atoms with E-state index in [2.05, 4.69) is 15.5 Å². The number of nitriles is 1. The van der Waals surface area contributed by atoms with E-state index in [1.165, 1.54) is 6.07 Å². The third-order valence-electron chi connectivity index (χ3n) is 2.98. The number of aromatic nitrogens is 4. The van der Waals surface area contributed by atoms with E-state index in [0.29, 0.717) is 10.1 Å². The second kappa shape index (κ2) is 5.04. The van der Waals surface area contributed by atoms with Crippen LogP contribution < -0.4 is 0 Å². The molecule has 1 aromatic carbocycles. The summed E-state index contributed by atoms with van der Waals surface area (Å²) in [5.41, 5.74) is -0.884. The molecule has 3 rings (SSSR count). The number of alkyl halides is 3. The van der Waals surface area contributed by atoms with Crippen LogP contribution in [0.5, 0.6) is 0 Å². The summed E-state index contributed by atoms with van der Waals surface area (Å²) < 4.78 is 39.6. The first kappa shape index (κ1) is 13.9. The number of nitrogens with zero attached hydrogens (tertiary/aromatic N) is 5. The van der Waals surface area contributed by atoms with Gasteiger partial charge in [0.1, 0.15) is 6.07 Å². The van der Waals surface area contributed by atoms with Gasteiger partial charge in [0, 0.05) is 4.90 Å². The highest BCUT2D eigenvalue weighted by atomic mass is 32.2. The van der Waals surface area contributed by atoms with Crippen molar-refractivity contribution in [3.63, 3.8) is 0 Å². The molecule has 21 heavy (non-hydrogen) atoms. The molecule has 0 unspecified atom stereocenters. The fourth-order valence-electron chi connectivity index (χ4n) is 1.78.